The van der Waals surface area contributed by atoms with Crippen molar-refractivity contribution in [3.05, 3.63) is 28.2 Å². The summed E-state index contributed by atoms with van der Waals surface area (Å²) in [6.07, 6.45) is 3.06. The highest BCUT2D eigenvalue weighted by Crippen LogP contribution is 2.27. The summed E-state index contributed by atoms with van der Waals surface area (Å²) in [5, 5.41) is 10.1. The zero-order valence-corrected chi connectivity index (χ0v) is 16.6. The molecule has 2 rings (SSSR count). The maximum absolute atomic E-state index is 10.8. The molecule has 1 heterocycles. The molecule has 0 radical (unpaired) electrons. The van der Waals surface area contributed by atoms with E-state index in [1.807, 2.05) is 11.9 Å². The van der Waals surface area contributed by atoms with Crippen molar-refractivity contribution in [2.45, 2.75) is 25.3 Å². The Bertz CT molecular complexity index is 560. The van der Waals surface area contributed by atoms with Crippen LogP contribution >= 0.6 is 35.6 Å². The van der Waals surface area contributed by atoms with Crippen molar-refractivity contribution in [2.75, 3.05) is 39.8 Å². The summed E-state index contributed by atoms with van der Waals surface area (Å²) in [5.74, 6) is -0.163. The number of hydrogen-bond donors (Lipinski definition) is 1. The van der Waals surface area contributed by atoms with Crippen molar-refractivity contribution in [1.29, 1.82) is 0 Å². The highest BCUT2D eigenvalue weighted by atomic mass is 35.5. The van der Waals surface area contributed by atoms with Crippen LogP contribution in [0.25, 0.3) is 0 Å². The summed E-state index contributed by atoms with van der Waals surface area (Å²) in [7, 11) is 1.89. The van der Waals surface area contributed by atoms with E-state index in [1.165, 1.54) is 0 Å². The van der Waals surface area contributed by atoms with E-state index in [2.05, 4.69) is 4.90 Å². The molecule has 5 nitrogen and oxygen atoms in total. The minimum absolute atomic E-state index is 0. The molecule has 1 atom stereocenters. The summed E-state index contributed by atoms with van der Waals surface area (Å²) < 4.78 is 5.74. The number of hydrogen-bond acceptors (Lipinski definition) is 4. The number of likely N-dealkylation sites (tertiary alicyclic amines) is 1. The van der Waals surface area contributed by atoms with Gasteiger partial charge in [-0.2, -0.15) is 0 Å². The number of rotatable bonds is 7. The van der Waals surface area contributed by atoms with E-state index in [4.69, 9.17) is 33.0 Å². The van der Waals surface area contributed by atoms with Crippen molar-refractivity contribution in [3.63, 3.8) is 0 Å². The molecule has 1 aromatic rings. The molecule has 0 bridgehead atoms. The van der Waals surface area contributed by atoms with Gasteiger partial charge in [0.15, 0.2) is 0 Å². The zero-order valence-electron chi connectivity index (χ0n) is 14.3. The summed E-state index contributed by atoms with van der Waals surface area (Å²) >= 11 is 12.0. The number of ether oxygens (including phenoxy) is 1. The molecule has 8 heteroatoms. The Kier molecular flexibility index (Phi) is 9.90. The fourth-order valence-electron chi connectivity index (χ4n) is 3.02. The first-order chi connectivity index (χ1) is 11.5. The molecular weight excluding hydrogens is 387 g/mol. The topological polar surface area (TPSA) is 53.0 Å². The van der Waals surface area contributed by atoms with Crippen LogP contribution < -0.4 is 4.74 Å². The zero-order chi connectivity index (χ0) is 17.5. The van der Waals surface area contributed by atoms with Crippen LogP contribution in [0, 0.1) is 0 Å². The van der Waals surface area contributed by atoms with Crippen LogP contribution in [-0.2, 0) is 4.79 Å². The van der Waals surface area contributed by atoms with Crippen molar-refractivity contribution in [3.8, 4) is 5.75 Å². The van der Waals surface area contributed by atoms with Crippen LogP contribution in [0.15, 0.2) is 18.2 Å². The Hall–Kier alpha value is -0.720. The number of nitrogens with zero attached hydrogens (tertiary/aromatic N) is 2. The van der Waals surface area contributed by atoms with E-state index < -0.39 is 5.97 Å². The monoisotopic (exact) mass is 410 g/mol. The molecule has 1 aliphatic rings. The number of carbonyl (C=O) groups is 1. The van der Waals surface area contributed by atoms with Crippen molar-refractivity contribution >= 4 is 41.6 Å². The molecule has 1 aliphatic heterocycles. The van der Waals surface area contributed by atoms with Gasteiger partial charge in [0, 0.05) is 23.7 Å². The summed E-state index contributed by atoms with van der Waals surface area (Å²) in [6.45, 7) is 3.42. The SMILES string of the molecule is CN(CC(=O)O)C1CCCN(CCOc2cc(Cl)ccc2Cl)CC1.Cl. The fourth-order valence-corrected chi connectivity index (χ4v) is 3.35. The quantitative estimate of drug-likeness (QED) is 0.742. The van der Waals surface area contributed by atoms with E-state index in [-0.39, 0.29) is 19.0 Å². The highest BCUT2D eigenvalue weighted by molar-refractivity contribution is 6.34. The second-order valence-corrected chi connectivity index (χ2v) is 7.00. The number of halogens is 3. The predicted octanol–water partition coefficient (Wildman–Crippen LogP) is 3.66. The Morgan fingerprint density at radius 2 is 2.12 bits per heavy atom. The van der Waals surface area contributed by atoms with Crippen molar-refractivity contribution in [1.82, 2.24) is 9.80 Å². The van der Waals surface area contributed by atoms with E-state index in [0.29, 0.717) is 28.4 Å². The third kappa shape index (κ3) is 7.59. The molecule has 0 saturated carbocycles. The second-order valence-electron chi connectivity index (χ2n) is 6.16. The van der Waals surface area contributed by atoms with Crippen LogP contribution in [0.5, 0.6) is 5.75 Å². The van der Waals surface area contributed by atoms with Gasteiger partial charge in [0.05, 0.1) is 11.6 Å². The molecule has 1 unspecified atom stereocenters. The lowest BCUT2D eigenvalue weighted by Crippen LogP contribution is -2.37. The van der Waals surface area contributed by atoms with Crippen LogP contribution in [0.4, 0.5) is 0 Å². The molecule has 0 spiro atoms. The predicted molar refractivity (Wildman–Crippen MR) is 104 cm³/mol. The third-order valence-electron chi connectivity index (χ3n) is 4.36. The van der Waals surface area contributed by atoms with E-state index >= 15 is 0 Å². The largest absolute Gasteiger partial charge is 0.491 e. The smallest absolute Gasteiger partial charge is 0.317 e. The molecule has 25 heavy (non-hydrogen) atoms. The molecule has 1 N–H and O–H groups in total. The molecule has 1 aromatic carbocycles. The van der Waals surface area contributed by atoms with Gasteiger partial charge in [-0.3, -0.25) is 14.6 Å². The Morgan fingerprint density at radius 1 is 1.36 bits per heavy atom. The number of carboxylic acid groups (broad SMARTS) is 1. The lowest BCUT2D eigenvalue weighted by Gasteiger charge is -2.25. The lowest BCUT2D eigenvalue weighted by atomic mass is 10.1. The summed E-state index contributed by atoms with van der Waals surface area (Å²) in [6, 6.07) is 5.52. The van der Waals surface area contributed by atoms with Gasteiger partial charge < -0.3 is 9.84 Å². The van der Waals surface area contributed by atoms with E-state index in [0.717, 1.165) is 38.9 Å². The molecule has 142 valence electrons. The van der Waals surface area contributed by atoms with Gasteiger partial charge in [-0.1, -0.05) is 23.2 Å². The minimum atomic E-state index is -0.773. The van der Waals surface area contributed by atoms with Crippen molar-refractivity contribution < 1.29 is 14.6 Å². The first-order valence-electron chi connectivity index (χ1n) is 8.18. The first-order valence-corrected chi connectivity index (χ1v) is 8.93. The van der Waals surface area contributed by atoms with Gasteiger partial charge in [0.2, 0.25) is 0 Å². The Balaban J connectivity index is 0.00000312. The van der Waals surface area contributed by atoms with Gasteiger partial charge >= 0.3 is 5.97 Å². The Morgan fingerprint density at radius 3 is 2.84 bits per heavy atom. The lowest BCUT2D eigenvalue weighted by molar-refractivity contribution is -0.138. The van der Waals surface area contributed by atoms with Gasteiger partial charge in [0.1, 0.15) is 12.4 Å². The average molecular weight is 412 g/mol. The van der Waals surface area contributed by atoms with Crippen LogP contribution in [0.1, 0.15) is 19.3 Å². The average Bonchev–Trinajstić information content (AvgIpc) is 2.76. The van der Waals surface area contributed by atoms with Gasteiger partial charge in [-0.15, -0.1) is 12.4 Å². The van der Waals surface area contributed by atoms with E-state index in [9.17, 15) is 4.79 Å². The van der Waals surface area contributed by atoms with Crippen molar-refractivity contribution in [2.24, 2.45) is 0 Å². The number of aliphatic carboxylic acids is 1. The van der Waals surface area contributed by atoms with E-state index in [1.54, 1.807) is 18.2 Å². The van der Waals surface area contributed by atoms with Crippen LogP contribution in [0.3, 0.4) is 0 Å². The number of likely N-dealkylation sites (N-methyl/N-ethyl adjacent to an activating group) is 1. The highest BCUT2D eigenvalue weighted by Gasteiger charge is 2.21. The number of carboxylic acids is 1. The van der Waals surface area contributed by atoms with Crippen LogP contribution in [-0.4, -0.2) is 66.8 Å². The number of benzene rings is 1. The first kappa shape index (κ1) is 22.3. The second kappa shape index (κ2) is 11.1. The minimum Gasteiger partial charge on any atom is -0.491 e. The standard InChI is InChI=1S/C17H24Cl2N2O3.ClH/c1-20(12-17(22)23)14-3-2-7-21(8-6-14)9-10-24-16-11-13(18)4-5-15(16)19;/h4-5,11,14H,2-3,6-10,12H2,1H3,(H,22,23);1H. The molecular formula is C17H25Cl3N2O3. The summed E-state index contributed by atoms with van der Waals surface area (Å²) in [4.78, 5) is 15.1. The van der Waals surface area contributed by atoms with Gasteiger partial charge in [0.25, 0.3) is 0 Å². The molecule has 0 amide bonds. The maximum atomic E-state index is 10.8. The Labute approximate surface area is 165 Å². The molecule has 0 aromatic heterocycles. The summed E-state index contributed by atoms with van der Waals surface area (Å²) in [5.41, 5.74) is 0. The van der Waals surface area contributed by atoms with Gasteiger partial charge in [-0.25, -0.2) is 0 Å². The third-order valence-corrected chi connectivity index (χ3v) is 4.90. The normalized spacial score (nSPS) is 18.5. The van der Waals surface area contributed by atoms with Crippen LogP contribution in [0.2, 0.25) is 10.0 Å². The van der Waals surface area contributed by atoms with Gasteiger partial charge in [-0.05, 0) is 51.5 Å². The molecule has 1 fully saturated rings. The fraction of sp³-hybridized carbons (Fsp3) is 0.588. The molecule has 1 saturated heterocycles. The molecule has 0 aliphatic carbocycles. The maximum Gasteiger partial charge on any atom is 0.317 e.